The number of nitrogens with zero attached hydrogens (tertiary/aromatic N) is 1. The van der Waals surface area contributed by atoms with E-state index in [1.54, 1.807) is 13.2 Å². The fraction of sp³-hybridized carbons (Fsp3) is 0.562. The standard InChI is InChI=1S/C16H23ClN2O2/c1-11-8-14(15(21-3)10-13(11)17)18-16(20)9-12-6-4-5-7-19(12)2/h8,10,12H,4-7,9H2,1-3H3,(H,18,20). The molecule has 2 rings (SSSR count). The van der Waals surface area contributed by atoms with E-state index >= 15 is 0 Å². The van der Waals surface area contributed by atoms with Crippen molar-refractivity contribution < 1.29 is 9.53 Å². The number of anilines is 1. The number of carbonyl (C=O) groups excluding carboxylic acids is 1. The quantitative estimate of drug-likeness (QED) is 0.926. The highest BCUT2D eigenvalue weighted by molar-refractivity contribution is 6.31. The summed E-state index contributed by atoms with van der Waals surface area (Å²) in [5.74, 6) is 0.615. The largest absolute Gasteiger partial charge is 0.495 e. The number of hydrogen-bond acceptors (Lipinski definition) is 3. The number of methoxy groups -OCH3 is 1. The van der Waals surface area contributed by atoms with E-state index in [1.807, 2.05) is 13.0 Å². The Kier molecular flexibility index (Phi) is 5.48. The van der Waals surface area contributed by atoms with E-state index in [-0.39, 0.29) is 5.91 Å². The minimum atomic E-state index is 0.0220. The summed E-state index contributed by atoms with van der Waals surface area (Å²) in [6.07, 6.45) is 4.02. The zero-order chi connectivity index (χ0) is 15.4. The Morgan fingerprint density at radius 2 is 2.24 bits per heavy atom. The van der Waals surface area contributed by atoms with Crippen molar-refractivity contribution in [1.82, 2.24) is 4.90 Å². The van der Waals surface area contributed by atoms with Gasteiger partial charge in [0.25, 0.3) is 0 Å². The summed E-state index contributed by atoms with van der Waals surface area (Å²) < 4.78 is 5.28. The average molecular weight is 311 g/mol. The minimum absolute atomic E-state index is 0.0220. The van der Waals surface area contributed by atoms with Gasteiger partial charge >= 0.3 is 0 Å². The molecule has 1 unspecified atom stereocenters. The molecule has 0 aliphatic carbocycles. The number of nitrogens with one attached hydrogen (secondary N) is 1. The van der Waals surface area contributed by atoms with Crippen LogP contribution in [-0.4, -0.2) is 37.6 Å². The first kappa shape index (κ1) is 16.1. The van der Waals surface area contributed by atoms with Crippen LogP contribution in [0, 0.1) is 6.92 Å². The van der Waals surface area contributed by atoms with Crippen LogP contribution in [0.15, 0.2) is 12.1 Å². The van der Waals surface area contributed by atoms with Crippen molar-refractivity contribution in [2.24, 2.45) is 0 Å². The Balaban J connectivity index is 2.03. The van der Waals surface area contributed by atoms with E-state index in [9.17, 15) is 4.79 Å². The van der Waals surface area contributed by atoms with Crippen molar-refractivity contribution in [3.05, 3.63) is 22.7 Å². The molecule has 116 valence electrons. The maximum Gasteiger partial charge on any atom is 0.226 e. The first-order valence-corrected chi connectivity index (χ1v) is 7.73. The number of benzene rings is 1. The van der Waals surface area contributed by atoms with Crippen LogP contribution in [0.5, 0.6) is 5.75 Å². The van der Waals surface area contributed by atoms with Gasteiger partial charge in [-0.05, 0) is 45.0 Å². The third kappa shape index (κ3) is 4.11. The van der Waals surface area contributed by atoms with Crippen molar-refractivity contribution >= 4 is 23.2 Å². The Hall–Kier alpha value is -1.26. The number of rotatable bonds is 4. The number of amides is 1. The lowest BCUT2D eigenvalue weighted by Gasteiger charge is -2.32. The molecule has 1 fully saturated rings. The molecule has 1 aliphatic heterocycles. The lowest BCUT2D eigenvalue weighted by Crippen LogP contribution is -2.38. The molecule has 1 saturated heterocycles. The molecule has 0 bridgehead atoms. The van der Waals surface area contributed by atoms with Gasteiger partial charge < -0.3 is 15.0 Å². The van der Waals surface area contributed by atoms with Crippen LogP contribution in [0.3, 0.4) is 0 Å². The predicted octanol–water partition coefficient (Wildman–Crippen LogP) is 3.47. The molecule has 0 spiro atoms. The zero-order valence-corrected chi connectivity index (χ0v) is 13.7. The normalized spacial score (nSPS) is 19.3. The van der Waals surface area contributed by atoms with Crippen molar-refractivity contribution in [2.75, 3.05) is 26.0 Å². The van der Waals surface area contributed by atoms with Crippen LogP contribution < -0.4 is 10.1 Å². The molecule has 1 amide bonds. The highest BCUT2D eigenvalue weighted by Crippen LogP contribution is 2.31. The summed E-state index contributed by atoms with van der Waals surface area (Å²) in [6, 6.07) is 3.92. The topological polar surface area (TPSA) is 41.6 Å². The number of halogens is 1. The Morgan fingerprint density at radius 1 is 1.48 bits per heavy atom. The average Bonchev–Trinajstić information content (AvgIpc) is 2.45. The number of hydrogen-bond donors (Lipinski definition) is 1. The van der Waals surface area contributed by atoms with Gasteiger partial charge in [-0.2, -0.15) is 0 Å². The van der Waals surface area contributed by atoms with Gasteiger partial charge in [-0.25, -0.2) is 0 Å². The molecular weight excluding hydrogens is 288 g/mol. The summed E-state index contributed by atoms with van der Waals surface area (Å²) in [4.78, 5) is 14.5. The van der Waals surface area contributed by atoms with Crippen molar-refractivity contribution in [3.63, 3.8) is 0 Å². The van der Waals surface area contributed by atoms with E-state index in [0.717, 1.165) is 18.5 Å². The van der Waals surface area contributed by atoms with E-state index < -0.39 is 0 Å². The number of piperidine rings is 1. The molecule has 1 aromatic carbocycles. The molecule has 0 saturated carbocycles. The van der Waals surface area contributed by atoms with E-state index in [4.69, 9.17) is 16.3 Å². The summed E-state index contributed by atoms with van der Waals surface area (Å²) in [5.41, 5.74) is 1.60. The van der Waals surface area contributed by atoms with Gasteiger partial charge in [0.05, 0.1) is 12.8 Å². The molecule has 1 aromatic rings. The van der Waals surface area contributed by atoms with Crippen LogP contribution in [-0.2, 0) is 4.79 Å². The zero-order valence-electron chi connectivity index (χ0n) is 12.9. The van der Waals surface area contributed by atoms with Crippen molar-refractivity contribution in [1.29, 1.82) is 0 Å². The molecule has 1 heterocycles. The fourth-order valence-corrected chi connectivity index (χ4v) is 2.90. The van der Waals surface area contributed by atoms with Gasteiger partial charge in [0.2, 0.25) is 5.91 Å². The molecule has 5 heteroatoms. The van der Waals surface area contributed by atoms with Crippen LogP contribution in [0.2, 0.25) is 5.02 Å². The molecule has 1 aliphatic rings. The highest BCUT2D eigenvalue weighted by atomic mass is 35.5. The first-order valence-electron chi connectivity index (χ1n) is 7.35. The van der Waals surface area contributed by atoms with Gasteiger partial charge in [0, 0.05) is 23.6 Å². The molecule has 21 heavy (non-hydrogen) atoms. The number of aryl methyl sites for hydroxylation is 1. The van der Waals surface area contributed by atoms with Gasteiger partial charge in [0.15, 0.2) is 0 Å². The number of likely N-dealkylation sites (tertiary alicyclic amines) is 1. The number of carbonyl (C=O) groups is 1. The van der Waals surface area contributed by atoms with Gasteiger partial charge in [0.1, 0.15) is 5.75 Å². The monoisotopic (exact) mass is 310 g/mol. The van der Waals surface area contributed by atoms with Crippen LogP contribution in [0.4, 0.5) is 5.69 Å². The first-order chi connectivity index (χ1) is 10.0. The predicted molar refractivity (Wildman–Crippen MR) is 86.3 cm³/mol. The van der Waals surface area contributed by atoms with E-state index in [1.165, 1.54) is 12.8 Å². The highest BCUT2D eigenvalue weighted by Gasteiger charge is 2.22. The molecule has 4 nitrogen and oxygen atoms in total. The smallest absolute Gasteiger partial charge is 0.226 e. The molecular formula is C16H23ClN2O2. The number of ether oxygens (including phenoxy) is 1. The van der Waals surface area contributed by atoms with Gasteiger partial charge in [-0.1, -0.05) is 18.0 Å². The SMILES string of the molecule is COc1cc(Cl)c(C)cc1NC(=O)CC1CCCCN1C. The lowest BCUT2D eigenvalue weighted by molar-refractivity contribution is -0.117. The second-order valence-corrected chi connectivity index (χ2v) is 6.09. The maximum atomic E-state index is 12.3. The third-order valence-electron chi connectivity index (χ3n) is 4.10. The lowest BCUT2D eigenvalue weighted by atomic mass is 10.00. The Morgan fingerprint density at radius 3 is 2.90 bits per heavy atom. The summed E-state index contributed by atoms with van der Waals surface area (Å²) in [6.45, 7) is 2.98. The summed E-state index contributed by atoms with van der Waals surface area (Å²) in [5, 5.41) is 3.58. The maximum absolute atomic E-state index is 12.3. The van der Waals surface area contributed by atoms with Crippen molar-refractivity contribution in [3.8, 4) is 5.75 Å². The third-order valence-corrected chi connectivity index (χ3v) is 4.50. The molecule has 0 aromatic heterocycles. The second kappa shape index (κ2) is 7.14. The Bertz CT molecular complexity index is 519. The van der Waals surface area contributed by atoms with E-state index in [2.05, 4.69) is 17.3 Å². The Labute approximate surface area is 131 Å². The fourth-order valence-electron chi connectivity index (χ4n) is 2.75. The molecule has 0 radical (unpaired) electrons. The second-order valence-electron chi connectivity index (χ2n) is 5.68. The van der Waals surface area contributed by atoms with Crippen LogP contribution >= 0.6 is 11.6 Å². The minimum Gasteiger partial charge on any atom is -0.495 e. The van der Waals surface area contributed by atoms with E-state index in [0.29, 0.717) is 28.9 Å². The summed E-state index contributed by atoms with van der Waals surface area (Å²) >= 11 is 6.08. The van der Waals surface area contributed by atoms with Gasteiger partial charge in [-0.3, -0.25) is 4.79 Å². The molecule has 1 atom stereocenters. The van der Waals surface area contributed by atoms with Crippen molar-refractivity contribution in [2.45, 2.75) is 38.6 Å². The molecule has 1 N–H and O–H groups in total. The summed E-state index contributed by atoms with van der Waals surface area (Å²) in [7, 11) is 3.66. The van der Waals surface area contributed by atoms with Gasteiger partial charge in [-0.15, -0.1) is 0 Å². The van der Waals surface area contributed by atoms with Crippen LogP contribution in [0.25, 0.3) is 0 Å². The van der Waals surface area contributed by atoms with Crippen LogP contribution in [0.1, 0.15) is 31.2 Å².